The number of ether oxygens (including phenoxy) is 1. The molecule has 4 heteroatoms. The monoisotopic (exact) mass is 359 g/mol. The van der Waals surface area contributed by atoms with Gasteiger partial charge >= 0.3 is 0 Å². The van der Waals surface area contributed by atoms with E-state index in [-0.39, 0.29) is 6.17 Å². The van der Waals surface area contributed by atoms with Gasteiger partial charge in [-0.1, -0.05) is 25.5 Å². The maximum atomic E-state index is 5.44. The summed E-state index contributed by atoms with van der Waals surface area (Å²) in [5.74, 6) is 0.894. The molecule has 0 bridgehead atoms. The molecule has 1 aliphatic heterocycles. The van der Waals surface area contributed by atoms with E-state index in [1.807, 2.05) is 18.3 Å². The van der Waals surface area contributed by atoms with Gasteiger partial charge in [-0.2, -0.15) is 0 Å². The van der Waals surface area contributed by atoms with Crippen molar-refractivity contribution in [1.82, 2.24) is 10.3 Å². The van der Waals surface area contributed by atoms with Crippen molar-refractivity contribution in [2.24, 2.45) is 4.99 Å². The Labute approximate surface area is 160 Å². The molecule has 2 heterocycles. The highest BCUT2D eigenvalue weighted by Crippen LogP contribution is 2.27. The summed E-state index contributed by atoms with van der Waals surface area (Å²) in [5.41, 5.74) is 5.64. The smallest absolute Gasteiger partial charge is 0.119 e. The van der Waals surface area contributed by atoms with Gasteiger partial charge in [-0.15, -0.1) is 0 Å². The van der Waals surface area contributed by atoms with Gasteiger partial charge in [-0.05, 0) is 54.9 Å². The molecule has 0 spiro atoms. The molecule has 0 amide bonds. The first-order valence-electron chi connectivity index (χ1n) is 9.62. The molecule has 0 radical (unpaired) electrons. The fourth-order valence-corrected chi connectivity index (χ4v) is 3.59. The second-order valence-electron chi connectivity index (χ2n) is 6.94. The first kappa shape index (κ1) is 17.7. The molecule has 0 aliphatic carbocycles. The average molecular weight is 359 g/mol. The lowest BCUT2D eigenvalue weighted by Crippen LogP contribution is -2.35. The van der Waals surface area contributed by atoms with Gasteiger partial charge in [0.25, 0.3) is 0 Å². The second kappa shape index (κ2) is 7.89. The number of rotatable bonds is 6. The van der Waals surface area contributed by atoms with Gasteiger partial charge in [0.1, 0.15) is 11.9 Å². The molecule has 0 saturated heterocycles. The van der Waals surface area contributed by atoms with Crippen LogP contribution in [0, 0.1) is 0 Å². The van der Waals surface area contributed by atoms with Crippen molar-refractivity contribution in [3.05, 3.63) is 71.4 Å². The summed E-state index contributed by atoms with van der Waals surface area (Å²) in [4.78, 5) is 9.50. The Morgan fingerprint density at radius 3 is 2.93 bits per heavy atom. The van der Waals surface area contributed by atoms with Gasteiger partial charge in [0, 0.05) is 29.1 Å². The van der Waals surface area contributed by atoms with Crippen LogP contribution in [-0.4, -0.2) is 30.5 Å². The van der Waals surface area contributed by atoms with Crippen LogP contribution in [0.5, 0.6) is 5.75 Å². The Kier molecular flexibility index (Phi) is 5.16. The quantitative estimate of drug-likeness (QED) is 0.666. The maximum Gasteiger partial charge on any atom is 0.119 e. The summed E-state index contributed by atoms with van der Waals surface area (Å²) >= 11 is 0. The van der Waals surface area contributed by atoms with Gasteiger partial charge in [0.15, 0.2) is 0 Å². The normalized spacial score (nSPS) is 16.1. The lowest BCUT2D eigenvalue weighted by atomic mass is 9.91. The third kappa shape index (κ3) is 3.71. The van der Waals surface area contributed by atoms with Crippen molar-refractivity contribution in [3.63, 3.8) is 0 Å². The number of aliphatic imine (C=N–C) groups is 1. The number of benzene rings is 2. The topological polar surface area (TPSA) is 46.5 Å². The van der Waals surface area contributed by atoms with Gasteiger partial charge in [-0.25, -0.2) is 0 Å². The van der Waals surface area contributed by atoms with Crippen LogP contribution in [0.4, 0.5) is 0 Å². The highest BCUT2D eigenvalue weighted by molar-refractivity contribution is 6.15. The van der Waals surface area contributed by atoms with Crippen LogP contribution in [0.1, 0.15) is 36.5 Å². The number of nitrogens with zero attached hydrogens (tertiary/aromatic N) is 2. The summed E-state index contributed by atoms with van der Waals surface area (Å²) in [5, 5.41) is 4.73. The van der Waals surface area contributed by atoms with Crippen LogP contribution < -0.4 is 10.1 Å². The van der Waals surface area contributed by atoms with Crippen molar-refractivity contribution < 1.29 is 4.74 Å². The first-order chi connectivity index (χ1) is 13.3. The van der Waals surface area contributed by atoms with Crippen molar-refractivity contribution in [2.75, 3.05) is 13.7 Å². The number of pyridine rings is 1. The third-order valence-corrected chi connectivity index (χ3v) is 5.05. The largest absolute Gasteiger partial charge is 0.497 e. The van der Waals surface area contributed by atoms with Crippen LogP contribution in [0.2, 0.25) is 0 Å². The molecule has 4 rings (SSSR count). The minimum Gasteiger partial charge on any atom is -0.497 e. The van der Waals surface area contributed by atoms with E-state index < -0.39 is 0 Å². The van der Waals surface area contributed by atoms with Gasteiger partial charge < -0.3 is 4.74 Å². The lowest BCUT2D eigenvalue weighted by molar-refractivity contribution is 0.413. The molecule has 4 nitrogen and oxygen atoms in total. The highest BCUT2D eigenvalue weighted by atomic mass is 16.5. The molecule has 1 aromatic heterocycles. The Morgan fingerprint density at radius 2 is 2.07 bits per heavy atom. The number of fused-ring (bicyclic) bond motifs is 2. The summed E-state index contributed by atoms with van der Waals surface area (Å²) in [6, 6.07) is 16.7. The van der Waals surface area contributed by atoms with E-state index in [4.69, 9.17) is 9.73 Å². The van der Waals surface area contributed by atoms with Gasteiger partial charge in [0.05, 0.1) is 18.3 Å². The molecule has 3 aromatic rings. The van der Waals surface area contributed by atoms with E-state index >= 15 is 0 Å². The Balaban J connectivity index is 1.76. The van der Waals surface area contributed by atoms with Crippen molar-refractivity contribution in [3.8, 4) is 5.75 Å². The van der Waals surface area contributed by atoms with Crippen LogP contribution in [-0.2, 0) is 6.42 Å². The van der Waals surface area contributed by atoms with Crippen molar-refractivity contribution in [2.45, 2.75) is 32.4 Å². The molecule has 1 N–H and O–H groups in total. The summed E-state index contributed by atoms with van der Waals surface area (Å²) in [7, 11) is 1.72. The number of hydrogen-bond donors (Lipinski definition) is 1. The van der Waals surface area contributed by atoms with Gasteiger partial charge in [0.2, 0.25) is 0 Å². The maximum absolute atomic E-state index is 5.44. The fourth-order valence-electron chi connectivity index (χ4n) is 3.59. The predicted molar refractivity (Wildman–Crippen MR) is 111 cm³/mol. The summed E-state index contributed by atoms with van der Waals surface area (Å²) in [6.45, 7) is 3.19. The highest BCUT2D eigenvalue weighted by Gasteiger charge is 2.22. The molecule has 2 aromatic carbocycles. The van der Waals surface area contributed by atoms with E-state index in [0.29, 0.717) is 0 Å². The molecule has 1 atom stereocenters. The van der Waals surface area contributed by atoms with Crippen LogP contribution in [0.15, 0.2) is 59.7 Å². The molecular weight excluding hydrogens is 334 g/mol. The zero-order valence-corrected chi connectivity index (χ0v) is 15.9. The van der Waals surface area contributed by atoms with E-state index in [1.54, 1.807) is 7.11 Å². The lowest BCUT2D eigenvalue weighted by Gasteiger charge is -2.25. The van der Waals surface area contributed by atoms with Crippen molar-refractivity contribution in [1.29, 1.82) is 0 Å². The SMILES string of the molecule is CCCCN[C@H]1Cc2cc(OC)ccc2C(c2ccc3ncccc3c2)=N1. The Bertz CT molecular complexity index is 980. The summed E-state index contributed by atoms with van der Waals surface area (Å²) < 4.78 is 5.44. The van der Waals surface area contributed by atoms with E-state index in [0.717, 1.165) is 47.3 Å². The Morgan fingerprint density at radius 1 is 1.15 bits per heavy atom. The minimum absolute atomic E-state index is 0.0933. The molecule has 0 fully saturated rings. The zero-order chi connectivity index (χ0) is 18.6. The second-order valence-corrected chi connectivity index (χ2v) is 6.94. The zero-order valence-electron chi connectivity index (χ0n) is 15.9. The number of methoxy groups -OCH3 is 1. The van der Waals surface area contributed by atoms with Crippen LogP contribution in [0.3, 0.4) is 0 Å². The average Bonchev–Trinajstić information content (AvgIpc) is 2.72. The number of hydrogen-bond acceptors (Lipinski definition) is 4. The molecular formula is C23H25N3O. The Hall–Kier alpha value is -2.72. The van der Waals surface area contributed by atoms with Crippen molar-refractivity contribution >= 4 is 16.6 Å². The van der Waals surface area contributed by atoms with E-state index in [2.05, 4.69) is 53.6 Å². The third-order valence-electron chi connectivity index (χ3n) is 5.05. The standard InChI is InChI=1S/C23H25N3O/c1-3-4-11-25-22-15-18-14-19(27-2)8-9-20(18)23(26-22)17-7-10-21-16(13-17)6-5-12-24-21/h5-10,12-14,22,25H,3-4,11,15H2,1-2H3/t22-/m1/s1. The fraction of sp³-hybridized carbons (Fsp3) is 0.304. The predicted octanol–water partition coefficient (Wildman–Crippen LogP) is 4.35. The summed E-state index contributed by atoms with van der Waals surface area (Å²) in [6.07, 6.45) is 5.15. The molecule has 1 aliphatic rings. The molecule has 27 heavy (non-hydrogen) atoms. The van der Waals surface area contributed by atoms with Gasteiger partial charge in [-0.3, -0.25) is 15.3 Å². The minimum atomic E-state index is 0.0933. The number of nitrogens with one attached hydrogen (secondary N) is 1. The van der Waals surface area contributed by atoms with E-state index in [1.165, 1.54) is 17.5 Å². The van der Waals surface area contributed by atoms with E-state index in [9.17, 15) is 0 Å². The van der Waals surface area contributed by atoms with Crippen LogP contribution in [0.25, 0.3) is 10.9 Å². The number of aromatic nitrogens is 1. The molecule has 0 unspecified atom stereocenters. The molecule has 0 saturated carbocycles. The first-order valence-corrected chi connectivity index (χ1v) is 9.62. The van der Waals surface area contributed by atoms with Crippen LogP contribution >= 0.6 is 0 Å². The molecule has 138 valence electrons. The number of unbranched alkanes of at least 4 members (excludes halogenated alkanes) is 1.